The highest BCUT2D eigenvalue weighted by molar-refractivity contribution is 6.33. The average molecular weight is 773 g/mol. The molecular weight excluding hydrogens is 709 g/mol. The molecule has 2 heterocycles. The van der Waals surface area contributed by atoms with Crippen molar-refractivity contribution in [3.8, 4) is 0 Å². The summed E-state index contributed by atoms with van der Waals surface area (Å²) < 4.78 is 1.40. The van der Waals surface area contributed by atoms with Gasteiger partial charge in [-0.05, 0) is 61.8 Å². The lowest BCUT2D eigenvalue weighted by Crippen LogP contribution is -2.47. The van der Waals surface area contributed by atoms with Crippen molar-refractivity contribution >= 4 is 46.2 Å². The second-order valence-electron chi connectivity index (χ2n) is 18.2. The molecule has 2 aromatic carbocycles. The summed E-state index contributed by atoms with van der Waals surface area (Å²) in [5.41, 5.74) is 1.35. The van der Waals surface area contributed by atoms with Crippen LogP contribution in [0.2, 0.25) is 0 Å². The van der Waals surface area contributed by atoms with Gasteiger partial charge in [0.15, 0.2) is 0 Å². The fourth-order valence-electron chi connectivity index (χ4n) is 9.49. The lowest BCUT2D eigenvalue weighted by Gasteiger charge is -2.34. The highest BCUT2D eigenvalue weighted by Gasteiger charge is 2.40. The van der Waals surface area contributed by atoms with Crippen molar-refractivity contribution in [3.05, 3.63) is 46.5 Å². The van der Waals surface area contributed by atoms with Crippen molar-refractivity contribution in [1.29, 1.82) is 0 Å². The van der Waals surface area contributed by atoms with Crippen molar-refractivity contribution in [2.75, 3.05) is 80.5 Å². The zero-order chi connectivity index (χ0) is 40.0. The van der Waals surface area contributed by atoms with E-state index >= 15 is 0 Å². The molecule has 2 N–H and O–H groups in total. The molecule has 0 spiro atoms. The van der Waals surface area contributed by atoms with E-state index in [0.29, 0.717) is 92.6 Å². The Morgan fingerprint density at radius 1 is 0.536 bits per heavy atom. The number of nitrogens with one attached hydrogen (secondary N) is 2. The summed E-state index contributed by atoms with van der Waals surface area (Å²) in [7, 11) is 8.49. The van der Waals surface area contributed by atoms with Crippen molar-refractivity contribution in [2.24, 2.45) is 11.8 Å². The van der Waals surface area contributed by atoms with Gasteiger partial charge in [0.25, 0.3) is 23.6 Å². The summed E-state index contributed by atoms with van der Waals surface area (Å²) in [5.74, 6) is -0.268. The number of hydrogen-bond donors (Lipinski definition) is 2. The smallest absolute Gasteiger partial charge is 0.261 e. The summed E-state index contributed by atoms with van der Waals surface area (Å²) in [5, 5.41) is 6.94. The quantitative estimate of drug-likeness (QED) is 0.109. The van der Waals surface area contributed by atoms with Gasteiger partial charge in [-0.1, -0.05) is 25.7 Å². The van der Waals surface area contributed by atoms with E-state index in [0.717, 1.165) is 64.7 Å². The minimum Gasteiger partial charge on any atom is -0.356 e. The monoisotopic (exact) mass is 772 g/mol. The molecule has 56 heavy (non-hydrogen) atoms. The third kappa shape index (κ3) is 9.85. The van der Waals surface area contributed by atoms with Gasteiger partial charge in [0.05, 0.1) is 54.4 Å². The molecule has 6 amide bonds. The Morgan fingerprint density at radius 3 is 1.16 bits per heavy atom. The van der Waals surface area contributed by atoms with Crippen molar-refractivity contribution in [1.82, 2.24) is 20.4 Å². The SMILES string of the molecule is C[N+](C)(CCCNC(=O)CC1CCCC1)CCCN1C(=O)c2ccc3c4c(ccc(c24)C1=O)C(=O)N(CCC[N+](C)(C)CCCNC(=O)CC1CCCC1)C3=O. The number of benzene rings is 2. The van der Waals surface area contributed by atoms with Crippen molar-refractivity contribution in [2.45, 2.75) is 89.9 Å². The summed E-state index contributed by atoms with van der Waals surface area (Å²) in [4.78, 5) is 82.5. The molecule has 6 rings (SSSR count). The maximum Gasteiger partial charge on any atom is 0.261 e. The molecule has 2 saturated carbocycles. The first-order chi connectivity index (χ1) is 26.7. The Balaban J connectivity index is 0.988. The molecule has 0 unspecified atom stereocenters. The van der Waals surface area contributed by atoms with Gasteiger partial charge in [-0.15, -0.1) is 0 Å². The lowest BCUT2D eigenvalue weighted by atomic mass is 9.86. The van der Waals surface area contributed by atoms with Gasteiger partial charge in [0.1, 0.15) is 0 Å². The van der Waals surface area contributed by atoms with Gasteiger partial charge in [0.2, 0.25) is 11.8 Å². The van der Waals surface area contributed by atoms with Crippen LogP contribution < -0.4 is 10.6 Å². The van der Waals surface area contributed by atoms with E-state index in [1.807, 2.05) is 0 Å². The predicted octanol–water partition coefficient (Wildman–Crippen LogP) is 5.14. The third-order valence-corrected chi connectivity index (χ3v) is 12.8. The second kappa shape index (κ2) is 18.0. The number of quaternary nitrogens is 2. The van der Waals surface area contributed by atoms with Crippen molar-refractivity contribution < 1.29 is 37.7 Å². The molecule has 2 fully saturated rings. The van der Waals surface area contributed by atoms with E-state index < -0.39 is 23.6 Å². The Morgan fingerprint density at radius 2 is 0.839 bits per heavy atom. The Hall–Kier alpha value is -4.16. The average Bonchev–Trinajstić information content (AvgIpc) is 3.87. The van der Waals surface area contributed by atoms with Crippen LogP contribution in [0, 0.1) is 11.8 Å². The Kier molecular flexibility index (Phi) is 13.3. The second-order valence-corrected chi connectivity index (χ2v) is 18.2. The zero-order valence-electron chi connectivity index (χ0n) is 34.3. The fraction of sp³-hybridized carbons (Fsp3) is 0.636. The molecule has 0 radical (unpaired) electrons. The summed E-state index contributed by atoms with van der Waals surface area (Å²) in [6.45, 7) is 5.03. The number of nitrogens with zero attached hydrogens (tertiary/aromatic N) is 4. The van der Waals surface area contributed by atoms with Crippen LogP contribution in [-0.2, 0) is 9.59 Å². The maximum atomic E-state index is 13.8. The van der Waals surface area contributed by atoms with Crippen LogP contribution in [0.1, 0.15) is 131 Å². The number of imide groups is 2. The highest BCUT2D eigenvalue weighted by Crippen LogP contribution is 2.38. The Bertz CT molecular complexity index is 1620. The van der Waals surface area contributed by atoms with Gasteiger partial charge >= 0.3 is 0 Å². The topological polar surface area (TPSA) is 133 Å². The number of amides is 6. The lowest BCUT2D eigenvalue weighted by molar-refractivity contribution is -0.890. The number of rotatable bonds is 20. The van der Waals surface area contributed by atoms with E-state index in [9.17, 15) is 28.8 Å². The molecule has 12 heteroatoms. The summed E-state index contributed by atoms with van der Waals surface area (Å²) in [6, 6.07) is 6.52. The number of carbonyl (C=O) groups is 6. The van der Waals surface area contributed by atoms with Crippen LogP contribution in [0.25, 0.3) is 10.8 Å². The molecule has 0 bridgehead atoms. The molecule has 0 aromatic heterocycles. The first-order valence-electron chi connectivity index (χ1n) is 21.2. The molecule has 0 atom stereocenters. The van der Waals surface area contributed by atoms with E-state index in [4.69, 9.17) is 0 Å². The molecule has 2 aliphatic heterocycles. The van der Waals surface area contributed by atoms with Crippen molar-refractivity contribution in [3.63, 3.8) is 0 Å². The van der Waals surface area contributed by atoms with Gasteiger partial charge in [0, 0.05) is 97.7 Å². The standard InChI is InChI=1S/C44H62N6O6/c1-49(2,25-9-21-45-37(51)29-31-13-5-6-14-31)27-11-23-47-41(53)33-17-19-35-40-36(20-18-34(39(33)40)42(47)54)44(56)48(43(35)55)24-12-28-50(3,4)26-10-22-46-38(52)30-32-15-7-8-16-32/h17-20,31-32H,5-16,21-30H2,1-4H3/p+2. The summed E-state index contributed by atoms with van der Waals surface area (Å²) in [6.07, 6.45) is 13.7. The molecule has 0 saturated heterocycles. The molecular formula is C44H64N6O6+2. The van der Waals surface area contributed by atoms with Gasteiger partial charge < -0.3 is 19.6 Å². The number of carbonyl (C=O) groups excluding carboxylic acids is 6. The largest absolute Gasteiger partial charge is 0.356 e. The van der Waals surface area contributed by atoms with Crippen LogP contribution in [-0.4, -0.2) is 135 Å². The van der Waals surface area contributed by atoms with Crippen LogP contribution in [0.5, 0.6) is 0 Å². The molecule has 2 aromatic rings. The first-order valence-corrected chi connectivity index (χ1v) is 21.2. The van der Waals surface area contributed by atoms with Crippen LogP contribution in [0.4, 0.5) is 0 Å². The Labute approximate surface area is 332 Å². The summed E-state index contributed by atoms with van der Waals surface area (Å²) >= 11 is 0. The van der Waals surface area contributed by atoms with Crippen LogP contribution >= 0.6 is 0 Å². The van der Waals surface area contributed by atoms with Gasteiger partial charge in [-0.2, -0.15) is 0 Å². The van der Waals surface area contributed by atoms with Crippen LogP contribution in [0.3, 0.4) is 0 Å². The minimum absolute atomic E-state index is 0.144. The normalized spacial score (nSPS) is 17.8. The third-order valence-electron chi connectivity index (χ3n) is 12.8. The molecule has 304 valence electrons. The van der Waals surface area contributed by atoms with Gasteiger partial charge in [-0.3, -0.25) is 38.6 Å². The molecule has 2 aliphatic carbocycles. The van der Waals surface area contributed by atoms with E-state index in [1.165, 1.54) is 35.5 Å². The fourth-order valence-corrected chi connectivity index (χ4v) is 9.49. The molecule has 4 aliphatic rings. The number of hydrogen-bond acceptors (Lipinski definition) is 6. The van der Waals surface area contributed by atoms with E-state index in [2.05, 4.69) is 38.8 Å². The molecule has 12 nitrogen and oxygen atoms in total. The van der Waals surface area contributed by atoms with E-state index in [1.54, 1.807) is 24.3 Å². The zero-order valence-corrected chi connectivity index (χ0v) is 34.3. The first kappa shape index (κ1) is 41.5. The van der Waals surface area contributed by atoms with Crippen LogP contribution in [0.15, 0.2) is 24.3 Å². The van der Waals surface area contributed by atoms with Gasteiger partial charge in [-0.25, -0.2) is 0 Å². The predicted molar refractivity (Wildman–Crippen MR) is 216 cm³/mol. The van der Waals surface area contributed by atoms with E-state index in [-0.39, 0.29) is 24.9 Å². The minimum atomic E-state index is -0.405. The highest BCUT2D eigenvalue weighted by atomic mass is 16.2. The maximum absolute atomic E-state index is 13.8.